The fourth-order valence-corrected chi connectivity index (χ4v) is 3.83. The first kappa shape index (κ1) is 21.0. The lowest BCUT2D eigenvalue weighted by atomic mass is 10.2. The lowest BCUT2D eigenvalue weighted by molar-refractivity contribution is -0.121. The van der Waals surface area contributed by atoms with Crippen LogP contribution in [0.4, 0.5) is 0 Å². The summed E-state index contributed by atoms with van der Waals surface area (Å²) in [5, 5.41) is 9.07. The molecule has 0 bridgehead atoms. The van der Waals surface area contributed by atoms with Crippen molar-refractivity contribution in [3.05, 3.63) is 40.8 Å². The van der Waals surface area contributed by atoms with Crippen molar-refractivity contribution in [1.82, 2.24) is 24.6 Å². The van der Waals surface area contributed by atoms with E-state index in [0.717, 1.165) is 42.3 Å². The number of aryl methyl sites for hydroxylation is 2. The van der Waals surface area contributed by atoms with Gasteiger partial charge in [-0.05, 0) is 38.5 Å². The Balaban J connectivity index is 1.63. The molecule has 7 nitrogen and oxygen atoms in total. The van der Waals surface area contributed by atoms with Gasteiger partial charge in [0.05, 0.1) is 6.20 Å². The highest BCUT2D eigenvalue weighted by Crippen LogP contribution is 2.26. The molecular weight excluding hydrogens is 366 g/mol. The molecule has 1 aromatic carbocycles. The lowest BCUT2D eigenvalue weighted by Crippen LogP contribution is -2.29. The first-order valence-electron chi connectivity index (χ1n) is 10.5. The third-order valence-electron chi connectivity index (χ3n) is 5.52. The largest absolute Gasteiger partial charge is 0.356 e. The summed E-state index contributed by atoms with van der Waals surface area (Å²) in [7, 11) is 1.66. The number of carbonyl (C=O) groups is 1. The van der Waals surface area contributed by atoms with Gasteiger partial charge in [-0.2, -0.15) is 5.10 Å². The number of hydrogen-bond acceptors (Lipinski definition) is 4. The SMILES string of the molecule is CCN(CC)CCCNC(=O)CCCn1c2ccccc2c2cnn(C)c(=O)c21. The molecule has 0 atom stereocenters. The van der Waals surface area contributed by atoms with E-state index in [0.29, 0.717) is 31.4 Å². The maximum Gasteiger partial charge on any atom is 0.291 e. The minimum atomic E-state index is -0.112. The van der Waals surface area contributed by atoms with Gasteiger partial charge in [-0.25, -0.2) is 4.68 Å². The molecule has 156 valence electrons. The summed E-state index contributed by atoms with van der Waals surface area (Å²) in [6, 6.07) is 7.97. The quantitative estimate of drug-likeness (QED) is 0.534. The number of rotatable bonds is 10. The van der Waals surface area contributed by atoms with Crippen molar-refractivity contribution in [2.75, 3.05) is 26.2 Å². The highest BCUT2D eigenvalue weighted by Gasteiger charge is 2.15. The van der Waals surface area contributed by atoms with Crippen molar-refractivity contribution in [3.63, 3.8) is 0 Å². The van der Waals surface area contributed by atoms with Crippen LogP contribution in [0, 0.1) is 0 Å². The summed E-state index contributed by atoms with van der Waals surface area (Å²) >= 11 is 0. The predicted octanol–water partition coefficient (Wildman–Crippen LogP) is 2.52. The molecule has 0 aliphatic carbocycles. The van der Waals surface area contributed by atoms with E-state index in [1.807, 2.05) is 28.8 Å². The molecular formula is C22H31N5O2. The highest BCUT2D eigenvalue weighted by atomic mass is 16.1. The van der Waals surface area contributed by atoms with Gasteiger partial charge in [0.25, 0.3) is 5.56 Å². The number of hydrogen-bond donors (Lipinski definition) is 1. The second-order valence-corrected chi connectivity index (χ2v) is 7.34. The van der Waals surface area contributed by atoms with Crippen molar-refractivity contribution in [1.29, 1.82) is 0 Å². The minimum absolute atomic E-state index is 0.0693. The molecule has 0 fully saturated rings. The molecule has 29 heavy (non-hydrogen) atoms. The molecule has 0 unspecified atom stereocenters. The number of para-hydroxylation sites is 1. The van der Waals surface area contributed by atoms with Crippen LogP contribution in [0.2, 0.25) is 0 Å². The summed E-state index contributed by atoms with van der Waals surface area (Å²) < 4.78 is 3.39. The lowest BCUT2D eigenvalue weighted by Gasteiger charge is -2.17. The fourth-order valence-electron chi connectivity index (χ4n) is 3.83. The van der Waals surface area contributed by atoms with Crippen molar-refractivity contribution in [2.24, 2.45) is 7.05 Å². The molecule has 0 radical (unpaired) electrons. The smallest absolute Gasteiger partial charge is 0.291 e. The van der Waals surface area contributed by atoms with Gasteiger partial charge in [0.2, 0.25) is 5.91 Å². The van der Waals surface area contributed by atoms with Crippen molar-refractivity contribution in [3.8, 4) is 0 Å². The Labute approximate surface area is 171 Å². The van der Waals surface area contributed by atoms with Crippen LogP contribution in [0.3, 0.4) is 0 Å². The molecule has 3 aromatic rings. The van der Waals surface area contributed by atoms with E-state index in [9.17, 15) is 9.59 Å². The Kier molecular flexibility index (Phi) is 7.04. The fraction of sp³-hybridized carbons (Fsp3) is 0.500. The zero-order valence-corrected chi connectivity index (χ0v) is 17.6. The topological polar surface area (TPSA) is 72.2 Å². The molecule has 0 spiro atoms. The average molecular weight is 398 g/mol. The van der Waals surface area contributed by atoms with E-state index in [-0.39, 0.29) is 11.5 Å². The predicted molar refractivity (Wildman–Crippen MR) is 117 cm³/mol. The second-order valence-electron chi connectivity index (χ2n) is 7.34. The van der Waals surface area contributed by atoms with Gasteiger partial charge >= 0.3 is 0 Å². The van der Waals surface area contributed by atoms with Crippen LogP contribution in [-0.4, -0.2) is 51.3 Å². The monoisotopic (exact) mass is 397 g/mol. The molecule has 0 aliphatic heterocycles. The van der Waals surface area contributed by atoms with Crippen LogP contribution >= 0.6 is 0 Å². The summed E-state index contributed by atoms with van der Waals surface area (Å²) in [5.41, 5.74) is 1.55. The van der Waals surface area contributed by atoms with E-state index in [4.69, 9.17) is 0 Å². The molecule has 2 heterocycles. The zero-order chi connectivity index (χ0) is 20.8. The highest BCUT2D eigenvalue weighted by molar-refractivity contribution is 6.07. The number of benzene rings is 1. The second kappa shape index (κ2) is 9.69. The summed E-state index contributed by atoms with van der Waals surface area (Å²) in [6.45, 7) is 8.72. The Bertz CT molecular complexity index is 1030. The van der Waals surface area contributed by atoms with Crippen LogP contribution < -0.4 is 10.9 Å². The maximum atomic E-state index is 12.7. The maximum absolute atomic E-state index is 12.7. The van der Waals surface area contributed by atoms with Gasteiger partial charge in [0.1, 0.15) is 5.52 Å². The number of nitrogens with one attached hydrogen (secondary N) is 1. The summed E-state index contributed by atoms with van der Waals surface area (Å²) in [5.74, 6) is 0.0693. The van der Waals surface area contributed by atoms with Crippen LogP contribution in [0.25, 0.3) is 21.8 Å². The Hall–Kier alpha value is -2.67. The van der Waals surface area contributed by atoms with Gasteiger partial charge < -0.3 is 14.8 Å². The van der Waals surface area contributed by atoms with E-state index in [1.54, 1.807) is 13.2 Å². The first-order chi connectivity index (χ1) is 14.1. The van der Waals surface area contributed by atoms with E-state index in [1.165, 1.54) is 4.68 Å². The number of fused-ring (bicyclic) bond motifs is 3. The van der Waals surface area contributed by atoms with E-state index >= 15 is 0 Å². The molecule has 1 N–H and O–H groups in total. The third-order valence-corrected chi connectivity index (χ3v) is 5.52. The van der Waals surface area contributed by atoms with Crippen LogP contribution in [0.15, 0.2) is 35.3 Å². The third kappa shape index (κ3) is 4.67. The molecule has 3 rings (SSSR count). The van der Waals surface area contributed by atoms with Gasteiger partial charge in [-0.3, -0.25) is 9.59 Å². The Morgan fingerprint density at radius 1 is 1.14 bits per heavy atom. The summed E-state index contributed by atoms with van der Waals surface area (Å²) in [6.07, 6.45) is 3.84. The molecule has 0 aliphatic rings. The summed E-state index contributed by atoms with van der Waals surface area (Å²) in [4.78, 5) is 27.2. The van der Waals surface area contributed by atoms with Crippen molar-refractivity contribution in [2.45, 2.75) is 39.7 Å². The molecule has 0 saturated carbocycles. The molecule has 0 saturated heterocycles. The van der Waals surface area contributed by atoms with Crippen LogP contribution in [0.1, 0.15) is 33.1 Å². The number of nitrogens with zero attached hydrogens (tertiary/aromatic N) is 4. The van der Waals surface area contributed by atoms with E-state index in [2.05, 4.69) is 29.2 Å². The van der Waals surface area contributed by atoms with Crippen molar-refractivity contribution < 1.29 is 4.79 Å². The number of amides is 1. The van der Waals surface area contributed by atoms with E-state index < -0.39 is 0 Å². The van der Waals surface area contributed by atoms with Gasteiger partial charge in [0, 0.05) is 42.8 Å². The molecule has 7 heteroatoms. The Morgan fingerprint density at radius 3 is 2.66 bits per heavy atom. The van der Waals surface area contributed by atoms with Crippen LogP contribution in [0.5, 0.6) is 0 Å². The van der Waals surface area contributed by atoms with Crippen LogP contribution in [-0.2, 0) is 18.4 Å². The number of aromatic nitrogens is 3. The van der Waals surface area contributed by atoms with Gasteiger partial charge in [-0.15, -0.1) is 0 Å². The van der Waals surface area contributed by atoms with Gasteiger partial charge in [0.15, 0.2) is 0 Å². The zero-order valence-electron chi connectivity index (χ0n) is 17.6. The molecule has 2 aromatic heterocycles. The first-order valence-corrected chi connectivity index (χ1v) is 10.5. The standard InChI is InChI=1S/C22H31N5O2/c1-4-26(5-2)14-9-13-23-20(28)12-8-15-27-19-11-7-6-10-17(19)18-16-24-25(3)22(29)21(18)27/h6-7,10-11,16H,4-5,8-9,12-15H2,1-3H3,(H,23,28). The Morgan fingerprint density at radius 2 is 1.90 bits per heavy atom. The molecule has 1 amide bonds. The average Bonchev–Trinajstić information content (AvgIpc) is 3.05. The number of carbonyl (C=O) groups excluding carboxylic acids is 1. The minimum Gasteiger partial charge on any atom is -0.356 e. The van der Waals surface area contributed by atoms with Gasteiger partial charge in [-0.1, -0.05) is 32.0 Å². The normalized spacial score (nSPS) is 11.6. The van der Waals surface area contributed by atoms with Crippen molar-refractivity contribution >= 4 is 27.7 Å².